The Morgan fingerprint density at radius 3 is 2.81 bits per heavy atom. The Morgan fingerprint density at radius 1 is 1.25 bits per heavy atom. The molecule has 4 atom stereocenters. The summed E-state index contributed by atoms with van der Waals surface area (Å²) in [6.07, 6.45) is 8.07. The normalized spacial score (nSPS) is 41.4. The summed E-state index contributed by atoms with van der Waals surface area (Å²) in [5, 5.41) is 0. The highest BCUT2D eigenvalue weighted by molar-refractivity contribution is 4.91. The molecular weight excluding hydrogens is 196 g/mol. The summed E-state index contributed by atoms with van der Waals surface area (Å²) in [5.41, 5.74) is 6.30. The summed E-state index contributed by atoms with van der Waals surface area (Å²) in [6, 6.07) is 1.13. The maximum atomic E-state index is 6.30. The van der Waals surface area contributed by atoms with Crippen molar-refractivity contribution in [2.75, 3.05) is 13.1 Å². The average molecular weight is 224 g/mol. The van der Waals surface area contributed by atoms with Gasteiger partial charge in [0, 0.05) is 18.6 Å². The van der Waals surface area contributed by atoms with Gasteiger partial charge in [-0.15, -0.1) is 0 Å². The molecule has 2 aliphatic rings. The zero-order valence-corrected chi connectivity index (χ0v) is 11.0. The van der Waals surface area contributed by atoms with Gasteiger partial charge < -0.3 is 5.73 Å². The maximum absolute atomic E-state index is 6.30. The van der Waals surface area contributed by atoms with Crippen LogP contribution in [0.4, 0.5) is 0 Å². The molecule has 0 aromatic heterocycles. The molecule has 1 saturated carbocycles. The van der Waals surface area contributed by atoms with Crippen molar-refractivity contribution in [1.82, 2.24) is 4.90 Å². The molecule has 0 aromatic rings. The van der Waals surface area contributed by atoms with Crippen LogP contribution in [0.5, 0.6) is 0 Å². The lowest BCUT2D eigenvalue weighted by atomic mass is 9.83. The maximum Gasteiger partial charge on any atom is 0.0249 e. The van der Waals surface area contributed by atoms with Crippen molar-refractivity contribution in [3.05, 3.63) is 0 Å². The molecule has 4 unspecified atom stereocenters. The standard InChI is InChI=1S/C14H28N2/c1-3-4-12-7-8-16(10-12)14-9-11(2)5-6-13(14)15/h11-14H,3-10,15H2,1-2H3. The van der Waals surface area contributed by atoms with Crippen molar-refractivity contribution in [2.24, 2.45) is 17.6 Å². The van der Waals surface area contributed by atoms with Crippen molar-refractivity contribution in [2.45, 2.75) is 64.5 Å². The van der Waals surface area contributed by atoms with Gasteiger partial charge in [-0.3, -0.25) is 4.90 Å². The lowest BCUT2D eigenvalue weighted by Crippen LogP contribution is -2.50. The van der Waals surface area contributed by atoms with Crippen LogP contribution in [0.25, 0.3) is 0 Å². The number of nitrogens with zero attached hydrogens (tertiary/aromatic N) is 1. The Kier molecular flexibility index (Phi) is 4.26. The first-order valence-corrected chi connectivity index (χ1v) is 7.20. The van der Waals surface area contributed by atoms with Gasteiger partial charge in [0.15, 0.2) is 0 Å². The molecule has 16 heavy (non-hydrogen) atoms. The Labute approximate surface area is 101 Å². The van der Waals surface area contributed by atoms with Crippen LogP contribution in [0.15, 0.2) is 0 Å². The SMILES string of the molecule is CCCC1CCN(C2CC(C)CCC2N)C1. The van der Waals surface area contributed by atoms with Crippen LogP contribution in [0.3, 0.4) is 0 Å². The molecule has 1 saturated heterocycles. The van der Waals surface area contributed by atoms with Crippen molar-refractivity contribution < 1.29 is 0 Å². The number of hydrogen-bond acceptors (Lipinski definition) is 2. The summed E-state index contributed by atoms with van der Waals surface area (Å²) in [7, 11) is 0. The predicted octanol–water partition coefficient (Wildman–Crippen LogP) is 2.62. The zero-order valence-electron chi connectivity index (χ0n) is 11.0. The monoisotopic (exact) mass is 224 g/mol. The topological polar surface area (TPSA) is 29.3 Å². The average Bonchev–Trinajstić information content (AvgIpc) is 2.71. The van der Waals surface area contributed by atoms with E-state index in [0.29, 0.717) is 12.1 Å². The minimum Gasteiger partial charge on any atom is -0.326 e. The Balaban J connectivity index is 1.87. The van der Waals surface area contributed by atoms with E-state index >= 15 is 0 Å². The summed E-state index contributed by atoms with van der Waals surface area (Å²) < 4.78 is 0. The molecule has 0 amide bonds. The highest BCUT2D eigenvalue weighted by Gasteiger charge is 2.34. The number of hydrogen-bond donors (Lipinski definition) is 1. The van der Waals surface area contributed by atoms with Crippen LogP contribution in [0, 0.1) is 11.8 Å². The third-order valence-electron chi connectivity index (χ3n) is 4.61. The molecule has 0 radical (unpaired) electrons. The molecule has 2 N–H and O–H groups in total. The molecule has 1 aliphatic heterocycles. The van der Waals surface area contributed by atoms with E-state index in [4.69, 9.17) is 5.73 Å². The van der Waals surface area contributed by atoms with Crippen molar-refractivity contribution >= 4 is 0 Å². The molecule has 2 heteroatoms. The molecule has 0 aromatic carbocycles. The lowest BCUT2D eigenvalue weighted by molar-refractivity contribution is 0.136. The quantitative estimate of drug-likeness (QED) is 0.798. The highest BCUT2D eigenvalue weighted by atomic mass is 15.2. The third kappa shape index (κ3) is 2.78. The van der Waals surface area contributed by atoms with Gasteiger partial charge in [0.1, 0.15) is 0 Å². The van der Waals surface area contributed by atoms with Crippen LogP contribution >= 0.6 is 0 Å². The molecule has 94 valence electrons. The van der Waals surface area contributed by atoms with Gasteiger partial charge in [-0.05, 0) is 50.5 Å². The van der Waals surface area contributed by atoms with Gasteiger partial charge in [0.2, 0.25) is 0 Å². The van der Waals surface area contributed by atoms with Gasteiger partial charge in [0.05, 0.1) is 0 Å². The van der Waals surface area contributed by atoms with Crippen LogP contribution in [0.1, 0.15) is 52.4 Å². The van der Waals surface area contributed by atoms with E-state index in [9.17, 15) is 0 Å². The van der Waals surface area contributed by atoms with E-state index in [1.165, 1.54) is 51.6 Å². The molecule has 2 rings (SSSR count). The van der Waals surface area contributed by atoms with Crippen molar-refractivity contribution in [1.29, 1.82) is 0 Å². The largest absolute Gasteiger partial charge is 0.326 e. The fourth-order valence-electron chi connectivity index (χ4n) is 3.60. The molecule has 2 fully saturated rings. The van der Waals surface area contributed by atoms with Gasteiger partial charge in [-0.25, -0.2) is 0 Å². The van der Waals surface area contributed by atoms with Gasteiger partial charge in [-0.1, -0.05) is 20.3 Å². The molecular formula is C14H28N2. The number of likely N-dealkylation sites (tertiary alicyclic amines) is 1. The number of nitrogens with two attached hydrogens (primary N) is 1. The molecule has 1 heterocycles. The molecule has 0 spiro atoms. The predicted molar refractivity (Wildman–Crippen MR) is 69.4 cm³/mol. The molecule has 0 bridgehead atoms. The zero-order chi connectivity index (χ0) is 11.5. The van der Waals surface area contributed by atoms with E-state index in [0.717, 1.165) is 11.8 Å². The Bertz CT molecular complexity index is 217. The Hall–Kier alpha value is -0.0800. The lowest BCUT2D eigenvalue weighted by Gasteiger charge is -2.38. The van der Waals surface area contributed by atoms with Gasteiger partial charge in [0.25, 0.3) is 0 Å². The summed E-state index contributed by atoms with van der Waals surface area (Å²) >= 11 is 0. The van der Waals surface area contributed by atoms with Crippen LogP contribution < -0.4 is 5.73 Å². The second kappa shape index (κ2) is 5.50. The molecule has 2 nitrogen and oxygen atoms in total. The van der Waals surface area contributed by atoms with E-state index in [2.05, 4.69) is 18.7 Å². The minimum atomic E-state index is 0.441. The van der Waals surface area contributed by atoms with Crippen LogP contribution in [0.2, 0.25) is 0 Å². The first-order chi connectivity index (χ1) is 7.70. The first kappa shape index (κ1) is 12.4. The fraction of sp³-hybridized carbons (Fsp3) is 1.00. The smallest absolute Gasteiger partial charge is 0.0249 e. The third-order valence-corrected chi connectivity index (χ3v) is 4.61. The van der Waals surface area contributed by atoms with Crippen LogP contribution in [-0.2, 0) is 0 Å². The van der Waals surface area contributed by atoms with Crippen molar-refractivity contribution in [3.8, 4) is 0 Å². The van der Waals surface area contributed by atoms with Crippen molar-refractivity contribution in [3.63, 3.8) is 0 Å². The first-order valence-electron chi connectivity index (χ1n) is 7.20. The summed E-state index contributed by atoms with van der Waals surface area (Å²) in [5.74, 6) is 1.84. The van der Waals surface area contributed by atoms with E-state index in [-0.39, 0.29) is 0 Å². The minimum absolute atomic E-state index is 0.441. The summed E-state index contributed by atoms with van der Waals surface area (Å²) in [4.78, 5) is 2.70. The second-order valence-electron chi connectivity index (χ2n) is 6.09. The van der Waals surface area contributed by atoms with Gasteiger partial charge >= 0.3 is 0 Å². The molecule has 1 aliphatic carbocycles. The van der Waals surface area contributed by atoms with Gasteiger partial charge in [-0.2, -0.15) is 0 Å². The highest BCUT2D eigenvalue weighted by Crippen LogP contribution is 2.31. The van der Waals surface area contributed by atoms with E-state index in [1.54, 1.807) is 0 Å². The number of rotatable bonds is 3. The fourth-order valence-corrected chi connectivity index (χ4v) is 3.60. The van der Waals surface area contributed by atoms with E-state index in [1.807, 2.05) is 0 Å². The summed E-state index contributed by atoms with van der Waals surface area (Å²) in [6.45, 7) is 7.31. The Morgan fingerprint density at radius 2 is 2.06 bits per heavy atom. The van der Waals surface area contributed by atoms with E-state index < -0.39 is 0 Å². The second-order valence-corrected chi connectivity index (χ2v) is 6.09. The van der Waals surface area contributed by atoms with Crippen LogP contribution in [-0.4, -0.2) is 30.1 Å².